The second-order valence-corrected chi connectivity index (χ2v) is 7.27. The van der Waals surface area contributed by atoms with Crippen molar-refractivity contribution >= 4 is 17.7 Å². The summed E-state index contributed by atoms with van der Waals surface area (Å²) in [4.78, 5) is 15.9. The molecule has 2 fully saturated rings. The number of rotatable bonds is 3. The first kappa shape index (κ1) is 14.0. The van der Waals surface area contributed by atoms with Gasteiger partial charge in [0.15, 0.2) is 0 Å². The predicted molar refractivity (Wildman–Crippen MR) is 80.7 cm³/mol. The van der Waals surface area contributed by atoms with Gasteiger partial charge in [-0.3, -0.25) is 4.79 Å². The van der Waals surface area contributed by atoms with Gasteiger partial charge in [0.25, 0.3) is 0 Å². The number of amides is 1. The van der Waals surface area contributed by atoms with Gasteiger partial charge in [0.1, 0.15) is 0 Å². The number of thioether (sulfide) groups is 1. The molecule has 1 atom stereocenters. The molecule has 1 saturated carbocycles. The summed E-state index contributed by atoms with van der Waals surface area (Å²) >= 11 is 1.72. The molecule has 1 saturated heterocycles. The second-order valence-electron chi connectivity index (χ2n) is 5.81. The summed E-state index contributed by atoms with van der Waals surface area (Å²) in [6.07, 6.45) is 4.55. The lowest BCUT2D eigenvalue weighted by molar-refractivity contribution is -0.133. The highest BCUT2D eigenvalue weighted by molar-refractivity contribution is 8.01. The van der Waals surface area contributed by atoms with Gasteiger partial charge in [-0.25, -0.2) is 0 Å². The van der Waals surface area contributed by atoms with Crippen LogP contribution in [0.4, 0.5) is 0 Å². The van der Waals surface area contributed by atoms with Crippen molar-refractivity contribution in [2.45, 2.75) is 47.9 Å². The maximum atomic E-state index is 12.9. The van der Waals surface area contributed by atoms with Crippen LogP contribution in [0.5, 0.6) is 0 Å². The quantitative estimate of drug-likeness (QED) is 0.931. The van der Waals surface area contributed by atoms with Crippen LogP contribution in [0, 0.1) is 0 Å². The molecule has 108 valence electrons. The van der Waals surface area contributed by atoms with Crippen LogP contribution in [0.3, 0.4) is 0 Å². The summed E-state index contributed by atoms with van der Waals surface area (Å²) in [7, 11) is 0. The van der Waals surface area contributed by atoms with Crippen LogP contribution in [-0.2, 0) is 4.79 Å². The Morgan fingerprint density at radius 3 is 2.55 bits per heavy atom. The zero-order valence-electron chi connectivity index (χ0n) is 11.6. The van der Waals surface area contributed by atoms with Gasteiger partial charge in [0.2, 0.25) is 5.91 Å². The number of aliphatic hydroxyl groups excluding tert-OH is 1. The zero-order valence-corrected chi connectivity index (χ0v) is 12.4. The SMILES string of the molecule is O=C(N1CC[C@@H](O)C1)C1(Sc2ccccc2)CCCC1. The van der Waals surface area contributed by atoms with E-state index in [-0.39, 0.29) is 16.8 Å². The highest BCUT2D eigenvalue weighted by Gasteiger charge is 2.45. The van der Waals surface area contributed by atoms with Crippen LogP contribution in [0.25, 0.3) is 0 Å². The molecule has 0 spiro atoms. The third-order valence-corrected chi connectivity index (χ3v) is 5.79. The number of carbonyl (C=O) groups excluding carboxylic acids is 1. The van der Waals surface area contributed by atoms with Crippen molar-refractivity contribution in [1.29, 1.82) is 0 Å². The van der Waals surface area contributed by atoms with E-state index in [1.807, 2.05) is 23.1 Å². The fourth-order valence-electron chi connectivity index (χ4n) is 3.23. The Morgan fingerprint density at radius 2 is 1.95 bits per heavy atom. The monoisotopic (exact) mass is 291 g/mol. The molecule has 3 nitrogen and oxygen atoms in total. The normalized spacial score (nSPS) is 25.1. The molecule has 0 bridgehead atoms. The number of carbonyl (C=O) groups is 1. The van der Waals surface area contributed by atoms with Crippen molar-refractivity contribution in [3.05, 3.63) is 30.3 Å². The molecule has 0 aromatic heterocycles. The summed E-state index contributed by atoms with van der Waals surface area (Å²) < 4.78 is -0.300. The van der Waals surface area contributed by atoms with Crippen molar-refractivity contribution in [1.82, 2.24) is 4.90 Å². The standard InChI is InChI=1S/C16H21NO2S/c18-13-8-11-17(12-13)15(19)16(9-4-5-10-16)20-14-6-2-1-3-7-14/h1-3,6-7,13,18H,4-5,8-12H2/t13-/m1/s1. The number of hydrogen-bond acceptors (Lipinski definition) is 3. The Morgan fingerprint density at radius 1 is 1.25 bits per heavy atom. The molecule has 1 heterocycles. The molecular formula is C16H21NO2S. The lowest BCUT2D eigenvalue weighted by atomic mass is 10.1. The maximum Gasteiger partial charge on any atom is 0.239 e. The van der Waals surface area contributed by atoms with E-state index >= 15 is 0 Å². The Balaban J connectivity index is 1.79. The highest BCUT2D eigenvalue weighted by atomic mass is 32.2. The van der Waals surface area contributed by atoms with Crippen LogP contribution in [0.1, 0.15) is 32.1 Å². The van der Waals surface area contributed by atoms with Crippen molar-refractivity contribution < 1.29 is 9.90 Å². The van der Waals surface area contributed by atoms with E-state index in [0.29, 0.717) is 13.1 Å². The molecule has 1 aliphatic heterocycles. The summed E-state index contributed by atoms with van der Waals surface area (Å²) in [6, 6.07) is 10.2. The molecule has 0 unspecified atom stereocenters. The second kappa shape index (κ2) is 5.78. The van der Waals surface area contributed by atoms with E-state index in [9.17, 15) is 9.90 Å². The average molecular weight is 291 g/mol. The predicted octanol–water partition coefficient (Wildman–Crippen LogP) is 2.68. The molecule has 2 aliphatic rings. The first-order valence-corrected chi connectivity index (χ1v) is 8.23. The van der Waals surface area contributed by atoms with E-state index in [1.165, 1.54) is 4.90 Å². The third kappa shape index (κ3) is 2.72. The van der Waals surface area contributed by atoms with Gasteiger partial charge in [0.05, 0.1) is 10.9 Å². The largest absolute Gasteiger partial charge is 0.391 e. The topological polar surface area (TPSA) is 40.5 Å². The van der Waals surface area contributed by atoms with Crippen LogP contribution in [0.15, 0.2) is 35.2 Å². The van der Waals surface area contributed by atoms with E-state index in [0.717, 1.165) is 32.1 Å². The third-order valence-electron chi connectivity index (χ3n) is 4.31. The highest BCUT2D eigenvalue weighted by Crippen LogP contribution is 2.46. The number of hydrogen-bond donors (Lipinski definition) is 1. The molecule has 1 aromatic rings. The Kier molecular flexibility index (Phi) is 4.03. The lowest BCUT2D eigenvalue weighted by Gasteiger charge is -2.31. The number of β-amino-alcohol motifs (C(OH)–C–C–N with tert-alkyl or cyclic N) is 1. The molecular weight excluding hydrogens is 270 g/mol. The van der Waals surface area contributed by atoms with Gasteiger partial charge in [-0.15, -0.1) is 11.8 Å². The molecule has 4 heteroatoms. The number of aliphatic hydroxyl groups is 1. The molecule has 3 rings (SSSR count). The van der Waals surface area contributed by atoms with Gasteiger partial charge in [0, 0.05) is 18.0 Å². The van der Waals surface area contributed by atoms with Crippen LogP contribution in [0.2, 0.25) is 0 Å². The molecule has 1 aromatic carbocycles. The number of benzene rings is 1. The van der Waals surface area contributed by atoms with Crippen molar-refractivity contribution in [2.24, 2.45) is 0 Å². The van der Waals surface area contributed by atoms with Crippen LogP contribution in [-0.4, -0.2) is 39.9 Å². The summed E-state index contributed by atoms with van der Waals surface area (Å²) in [5.41, 5.74) is 0. The smallest absolute Gasteiger partial charge is 0.239 e. The van der Waals surface area contributed by atoms with E-state index < -0.39 is 0 Å². The number of nitrogens with zero attached hydrogens (tertiary/aromatic N) is 1. The Labute approximate surface area is 124 Å². The van der Waals surface area contributed by atoms with Crippen LogP contribution < -0.4 is 0 Å². The maximum absolute atomic E-state index is 12.9. The fraction of sp³-hybridized carbons (Fsp3) is 0.562. The minimum absolute atomic E-state index is 0.236. The minimum Gasteiger partial charge on any atom is -0.391 e. The number of likely N-dealkylation sites (tertiary alicyclic amines) is 1. The first-order valence-electron chi connectivity index (χ1n) is 7.41. The van der Waals surface area contributed by atoms with E-state index in [4.69, 9.17) is 0 Å². The molecule has 20 heavy (non-hydrogen) atoms. The fourth-order valence-corrected chi connectivity index (χ4v) is 4.69. The summed E-state index contributed by atoms with van der Waals surface area (Å²) in [5.74, 6) is 0.236. The molecule has 0 radical (unpaired) electrons. The van der Waals surface area contributed by atoms with Crippen molar-refractivity contribution in [2.75, 3.05) is 13.1 Å². The molecule has 1 N–H and O–H groups in total. The van der Waals surface area contributed by atoms with Crippen LogP contribution >= 0.6 is 11.8 Å². The van der Waals surface area contributed by atoms with E-state index in [1.54, 1.807) is 11.8 Å². The zero-order chi connectivity index (χ0) is 14.0. The average Bonchev–Trinajstić information content (AvgIpc) is 3.09. The lowest BCUT2D eigenvalue weighted by Crippen LogP contribution is -2.44. The summed E-state index contributed by atoms with van der Waals surface area (Å²) in [6.45, 7) is 1.22. The van der Waals surface area contributed by atoms with Gasteiger partial charge < -0.3 is 10.0 Å². The van der Waals surface area contributed by atoms with Crippen molar-refractivity contribution in [3.63, 3.8) is 0 Å². The van der Waals surface area contributed by atoms with Gasteiger partial charge in [-0.1, -0.05) is 31.0 Å². The van der Waals surface area contributed by atoms with Gasteiger partial charge in [-0.05, 0) is 31.4 Å². The minimum atomic E-state index is -0.334. The van der Waals surface area contributed by atoms with E-state index in [2.05, 4.69) is 12.1 Å². The van der Waals surface area contributed by atoms with Crippen molar-refractivity contribution in [3.8, 4) is 0 Å². The molecule has 1 aliphatic carbocycles. The van der Waals surface area contributed by atoms with Gasteiger partial charge in [-0.2, -0.15) is 0 Å². The Bertz CT molecular complexity index is 471. The first-order chi connectivity index (χ1) is 9.70. The Hall–Kier alpha value is -1.00. The van der Waals surface area contributed by atoms with Gasteiger partial charge >= 0.3 is 0 Å². The summed E-state index contributed by atoms with van der Waals surface area (Å²) in [5, 5.41) is 9.66. The molecule has 1 amide bonds.